The Morgan fingerprint density at radius 3 is 3.06 bits per heavy atom. The summed E-state index contributed by atoms with van der Waals surface area (Å²) >= 11 is 1.48. The summed E-state index contributed by atoms with van der Waals surface area (Å²) in [6.07, 6.45) is 3.55. The van der Waals surface area contributed by atoms with Crippen LogP contribution in [0.2, 0.25) is 0 Å². The number of rotatable bonds is 5. The molecule has 0 saturated heterocycles. The lowest BCUT2D eigenvalue weighted by Crippen LogP contribution is -2.04. The van der Waals surface area contributed by atoms with Crippen molar-refractivity contribution in [3.05, 3.63) is 41.2 Å². The van der Waals surface area contributed by atoms with Gasteiger partial charge in [0.05, 0.1) is 0 Å². The Labute approximate surface area is 111 Å². The molecule has 0 spiro atoms. The van der Waals surface area contributed by atoms with Crippen LogP contribution in [0.25, 0.3) is 0 Å². The average Bonchev–Trinajstić information content (AvgIpc) is 3.10. The van der Waals surface area contributed by atoms with Crippen LogP contribution in [0.15, 0.2) is 24.3 Å². The monoisotopic (exact) mass is 259 g/mol. The lowest BCUT2D eigenvalue weighted by Gasteiger charge is -2.03. The van der Waals surface area contributed by atoms with Gasteiger partial charge in [-0.2, -0.15) is 4.37 Å². The molecule has 4 heteroatoms. The van der Waals surface area contributed by atoms with Gasteiger partial charge in [0.25, 0.3) is 0 Å². The molecule has 1 heterocycles. The second kappa shape index (κ2) is 5.06. The Balaban J connectivity index is 1.51. The first kappa shape index (κ1) is 11.7. The quantitative estimate of drug-likeness (QED) is 0.894. The highest BCUT2D eigenvalue weighted by molar-refractivity contribution is 7.09. The number of hydrogen-bond acceptors (Lipinski definition) is 4. The van der Waals surface area contributed by atoms with E-state index < -0.39 is 0 Å². The van der Waals surface area contributed by atoms with Crippen LogP contribution < -0.4 is 5.32 Å². The number of anilines is 1. The molecule has 1 saturated carbocycles. The standard InChI is InChI=1S/C14H17N3S/c1-10-3-2-4-11(9-10)7-8-15-14-16-13(17-18-14)12-5-6-12/h2-4,9,12H,5-8H2,1H3,(H,15,16,17). The molecule has 3 rings (SSSR count). The van der Waals surface area contributed by atoms with Crippen molar-refractivity contribution in [1.29, 1.82) is 0 Å². The van der Waals surface area contributed by atoms with E-state index in [1.54, 1.807) is 0 Å². The van der Waals surface area contributed by atoms with Gasteiger partial charge < -0.3 is 5.32 Å². The molecule has 94 valence electrons. The summed E-state index contributed by atoms with van der Waals surface area (Å²) in [5, 5.41) is 4.32. The minimum absolute atomic E-state index is 0.647. The average molecular weight is 259 g/mol. The van der Waals surface area contributed by atoms with Gasteiger partial charge in [0.1, 0.15) is 5.82 Å². The number of aryl methyl sites for hydroxylation is 1. The normalized spacial score (nSPS) is 14.7. The Morgan fingerprint density at radius 2 is 2.28 bits per heavy atom. The van der Waals surface area contributed by atoms with Crippen LogP contribution in [-0.2, 0) is 6.42 Å². The van der Waals surface area contributed by atoms with E-state index in [1.807, 2.05) is 0 Å². The van der Waals surface area contributed by atoms with Gasteiger partial charge in [-0.05, 0) is 31.7 Å². The van der Waals surface area contributed by atoms with Crippen LogP contribution >= 0.6 is 11.5 Å². The number of nitrogens with one attached hydrogen (secondary N) is 1. The zero-order chi connectivity index (χ0) is 12.4. The van der Waals surface area contributed by atoms with Crippen molar-refractivity contribution in [2.75, 3.05) is 11.9 Å². The van der Waals surface area contributed by atoms with E-state index in [0.29, 0.717) is 5.92 Å². The van der Waals surface area contributed by atoms with Crippen molar-refractivity contribution in [3.8, 4) is 0 Å². The van der Waals surface area contributed by atoms with E-state index in [1.165, 1.54) is 35.5 Å². The molecule has 1 aliphatic rings. The topological polar surface area (TPSA) is 37.8 Å². The molecule has 1 N–H and O–H groups in total. The van der Waals surface area contributed by atoms with Crippen molar-refractivity contribution in [2.24, 2.45) is 0 Å². The number of aromatic nitrogens is 2. The van der Waals surface area contributed by atoms with Crippen LogP contribution in [0.4, 0.5) is 5.13 Å². The minimum atomic E-state index is 0.647. The third-order valence-corrected chi connectivity index (χ3v) is 3.84. The second-order valence-electron chi connectivity index (χ2n) is 4.90. The number of hydrogen-bond donors (Lipinski definition) is 1. The Kier molecular flexibility index (Phi) is 3.28. The molecule has 1 aliphatic carbocycles. The highest BCUT2D eigenvalue weighted by Gasteiger charge is 2.27. The highest BCUT2D eigenvalue weighted by atomic mass is 32.1. The molecule has 1 aromatic heterocycles. The predicted molar refractivity (Wildman–Crippen MR) is 75.3 cm³/mol. The maximum absolute atomic E-state index is 4.52. The molecule has 1 aromatic carbocycles. The van der Waals surface area contributed by atoms with Gasteiger partial charge in [-0.15, -0.1) is 0 Å². The first-order chi connectivity index (χ1) is 8.81. The van der Waals surface area contributed by atoms with E-state index in [-0.39, 0.29) is 0 Å². The summed E-state index contributed by atoms with van der Waals surface area (Å²) in [4.78, 5) is 4.52. The third-order valence-electron chi connectivity index (χ3n) is 3.16. The maximum Gasteiger partial charge on any atom is 0.202 e. The third kappa shape index (κ3) is 2.88. The summed E-state index contributed by atoms with van der Waals surface area (Å²) in [6.45, 7) is 3.05. The highest BCUT2D eigenvalue weighted by Crippen LogP contribution is 2.39. The molecule has 0 atom stereocenters. The largest absolute Gasteiger partial charge is 0.360 e. The zero-order valence-corrected chi connectivity index (χ0v) is 11.3. The van der Waals surface area contributed by atoms with Gasteiger partial charge in [-0.3, -0.25) is 0 Å². The van der Waals surface area contributed by atoms with Gasteiger partial charge in [0.15, 0.2) is 0 Å². The van der Waals surface area contributed by atoms with Crippen molar-refractivity contribution >= 4 is 16.7 Å². The van der Waals surface area contributed by atoms with Gasteiger partial charge in [-0.1, -0.05) is 29.8 Å². The minimum Gasteiger partial charge on any atom is -0.360 e. The lowest BCUT2D eigenvalue weighted by molar-refractivity contribution is 0.968. The maximum atomic E-state index is 4.52. The van der Waals surface area contributed by atoms with Crippen LogP contribution in [0.3, 0.4) is 0 Å². The fourth-order valence-electron chi connectivity index (χ4n) is 2.00. The molecule has 0 aliphatic heterocycles. The number of benzene rings is 1. The summed E-state index contributed by atoms with van der Waals surface area (Å²) in [5.41, 5.74) is 2.69. The van der Waals surface area contributed by atoms with Gasteiger partial charge in [-0.25, -0.2) is 4.98 Å². The van der Waals surface area contributed by atoms with Crippen molar-refractivity contribution in [1.82, 2.24) is 9.36 Å². The molecule has 0 unspecified atom stereocenters. The molecule has 0 bridgehead atoms. The predicted octanol–water partition coefficient (Wildman–Crippen LogP) is 3.38. The fraction of sp³-hybridized carbons (Fsp3) is 0.429. The van der Waals surface area contributed by atoms with E-state index >= 15 is 0 Å². The Hall–Kier alpha value is -1.42. The number of nitrogens with zero attached hydrogens (tertiary/aromatic N) is 2. The van der Waals surface area contributed by atoms with Gasteiger partial charge in [0, 0.05) is 24.0 Å². The molecule has 1 fully saturated rings. The summed E-state index contributed by atoms with van der Waals surface area (Å²) in [7, 11) is 0. The molecule has 0 radical (unpaired) electrons. The Morgan fingerprint density at radius 1 is 1.39 bits per heavy atom. The van der Waals surface area contributed by atoms with Crippen LogP contribution in [0, 0.1) is 6.92 Å². The second-order valence-corrected chi connectivity index (χ2v) is 5.65. The van der Waals surface area contributed by atoms with Crippen LogP contribution in [0.5, 0.6) is 0 Å². The molecule has 2 aromatic rings. The first-order valence-corrected chi connectivity index (χ1v) is 7.21. The van der Waals surface area contributed by atoms with Gasteiger partial charge in [0.2, 0.25) is 5.13 Å². The summed E-state index contributed by atoms with van der Waals surface area (Å²) < 4.78 is 4.39. The summed E-state index contributed by atoms with van der Waals surface area (Å²) in [6, 6.07) is 8.65. The van der Waals surface area contributed by atoms with Crippen molar-refractivity contribution in [2.45, 2.75) is 32.1 Å². The van der Waals surface area contributed by atoms with Crippen molar-refractivity contribution < 1.29 is 0 Å². The van der Waals surface area contributed by atoms with E-state index in [9.17, 15) is 0 Å². The molecular formula is C14H17N3S. The summed E-state index contributed by atoms with van der Waals surface area (Å²) in [5.74, 6) is 1.69. The van der Waals surface area contributed by atoms with Crippen LogP contribution in [0.1, 0.15) is 35.7 Å². The Bertz CT molecular complexity index is 531. The van der Waals surface area contributed by atoms with Crippen LogP contribution in [-0.4, -0.2) is 15.9 Å². The molecule has 3 nitrogen and oxygen atoms in total. The van der Waals surface area contributed by atoms with E-state index in [4.69, 9.17) is 0 Å². The fourth-order valence-corrected chi connectivity index (χ4v) is 2.67. The van der Waals surface area contributed by atoms with E-state index in [2.05, 4.69) is 45.9 Å². The SMILES string of the molecule is Cc1cccc(CCNc2nc(C3CC3)ns2)c1. The molecular weight excluding hydrogens is 242 g/mol. The van der Waals surface area contributed by atoms with Gasteiger partial charge >= 0.3 is 0 Å². The lowest BCUT2D eigenvalue weighted by atomic mass is 10.1. The molecule has 18 heavy (non-hydrogen) atoms. The van der Waals surface area contributed by atoms with E-state index in [0.717, 1.165) is 23.9 Å². The zero-order valence-electron chi connectivity index (χ0n) is 10.5. The van der Waals surface area contributed by atoms with Crippen molar-refractivity contribution in [3.63, 3.8) is 0 Å². The smallest absolute Gasteiger partial charge is 0.202 e. The molecule has 0 amide bonds. The first-order valence-electron chi connectivity index (χ1n) is 6.44.